The maximum Gasteiger partial charge on any atom is 0.0780 e. The molecule has 0 aromatic heterocycles. The summed E-state index contributed by atoms with van der Waals surface area (Å²) in [5.74, 6) is -0.00153. The minimum Gasteiger partial charge on any atom is -0.399 e. The molecule has 0 bridgehead atoms. The smallest absolute Gasteiger partial charge is 0.0780 e. The van der Waals surface area contributed by atoms with Gasteiger partial charge >= 0.3 is 0 Å². The van der Waals surface area contributed by atoms with E-state index in [9.17, 15) is 5.11 Å². The van der Waals surface area contributed by atoms with Crippen molar-refractivity contribution < 1.29 is 10.2 Å². The molecule has 0 heterocycles. The number of anilines is 2. The van der Waals surface area contributed by atoms with Crippen LogP contribution >= 0.6 is 0 Å². The first-order valence-corrected chi connectivity index (χ1v) is 6.60. The number of nitrogens with two attached hydrogens (primary N) is 2. The van der Waals surface area contributed by atoms with Gasteiger partial charge in [0.25, 0.3) is 0 Å². The third kappa shape index (κ3) is 3.50. The molecule has 6 N–H and O–H groups in total. The average Bonchev–Trinajstić information content (AvgIpc) is 2.46. The van der Waals surface area contributed by atoms with Crippen LogP contribution in [0.25, 0.3) is 0 Å². The van der Waals surface area contributed by atoms with E-state index in [1.807, 2.05) is 48.5 Å². The van der Waals surface area contributed by atoms with E-state index in [1.54, 1.807) is 0 Å². The summed E-state index contributed by atoms with van der Waals surface area (Å²) in [6.07, 6.45) is -0.306. The number of benzene rings is 2. The molecule has 0 aliphatic rings. The molecule has 106 valence electrons. The summed E-state index contributed by atoms with van der Waals surface area (Å²) in [7, 11) is 0. The first-order chi connectivity index (χ1) is 9.60. The Morgan fingerprint density at radius 1 is 0.800 bits per heavy atom. The number of hydrogen-bond donors (Lipinski definition) is 4. The first kappa shape index (κ1) is 14.4. The van der Waals surface area contributed by atoms with Crippen molar-refractivity contribution in [3.05, 3.63) is 59.7 Å². The third-order valence-corrected chi connectivity index (χ3v) is 3.40. The van der Waals surface area contributed by atoms with Gasteiger partial charge in [-0.2, -0.15) is 0 Å². The van der Waals surface area contributed by atoms with Gasteiger partial charge in [-0.3, -0.25) is 0 Å². The Kier molecular flexibility index (Phi) is 4.61. The molecule has 2 aromatic carbocycles. The molecule has 0 radical (unpaired) electrons. The summed E-state index contributed by atoms with van der Waals surface area (Å²) in [5, 5.41) is 18.8. The average molecular weight is 272 g/mol. The minimum absolute atomic E-state index is 0.00153. The maximum atomic E-state index is 9.76. The SMILES string of the molecule is Nc1ccc(C(CC(O)CO)c2ccc(N)cc2)cc1. The van der Waals surface area contributed by atoms with Gasteiger partial charge in [0.15, 0.2) is 0 Å². The molecule has 1 unspecified atom stereocenters. The molecule has 0 saturated heterocycles. The molecular formula is C16H20N2O2. The van der Waals surface area contributed by atoms with Crippen LogP contribution in [0.1, 0.15) is 23.5 Å². The first-order valence-electron chi connectivity index (χ1n) is 6.60. The van der Waals surface area contributed by atoms with Gasteiger partial charge in [-0.25, -0.2) is 0 Å². The predicted molar refractivity (Wildman–Crippen MR) is 81.3 cm³/mol. The van der Waals surface area contributed by atoms with E-state index in [2.05, 4.69) is 0 Å². The third-order valence-electron chi connectivity index (χ3n) is 3.40. The molecule has 0 saturated carbocycles. The van der Waals surface area contributed by atoms with Crippen LogP contribution in [0.2, 0.25) is 0 Å². The van der Waals surface area contributed by atoms with Crippen LogP contribution in [0.3, 0.4) is 0 Å². The lowest BCUT2D eigenvalue weighted by molar-refractivity contribution is 0.0849. The highest BCUT2D eigenvalue weighted by Crippen LogP contribution is 2.30. The van der Waals surface area contributed by atoms with Gasteiger partial charge in [0, 0.05) is 17.3 Å². The zero-order chi connectivity index (χ0) is 14.5. The van der Waals surface area contributed by atoms with E-state index in [0.29, 0.717) is 17.8 Å². The van der Waals surface area contributed by atoms with Gasteiger partial charge in [-0.05, 0) is 41.8 Å². The molecule has 4 nitrogen and oxygen atoms in total. The Labute approximate surface area is 118 Å². The molecule has 20 heavy (non-hydrogen) atoms. The molecule has 2 rings (SSSR count). The normalized spacial score (nSPS) is 12.6. The van der Waals surface area contributed by atoms with E-state index >= 15 is 0 Å². The van der Waals surface area contributed by atoms with Crippen LogP contribution in [0.4, 0.5) is 11.4 Å². The van der Waals surface area contributed by atoms with E-state index in [4.69, 9.17) is 16.6 Å². The second-order valence-corrected chi connectivity index (χ2v) is 4.96. The standard InChI is InChI=1S/C16H20N2O2/c17-13-5-1-11(2-6-13)16(9-15(20)10-19)12-3-7-14(18)8-4-12/h1-8,15-16,19-20H,9-10,17-18H2. The molecule has 0 amide bonds. The molecule has 2 aromatic rings. The van der Waals surface area contributed by atoms with Crippen molar-refractivity contribution in [2.24, 2.45) is 0 Å². The van der Waals surface area contributed by atoms with Crippen molar-refractivity contribution in [2.45, 2.75) is 18.4 Å². The summed E-state index contributed by atoms with van der Waals surface area (Å²) in [4.78, 5) is 0. The molecule has 0 fully saturated rings. The highest BCUT2D eigenvalue weighted by atomic mass is 16.3. The zero-order valence-electron chi connectivity index (χ0n) is 11.2. The second-order valence-electron chi connectivity index (χ2n) is 4.96. The Balaban J connectivity index is 2.33. The maximum absolute atomic E-state index is 9.76. The minimum atomic E-state index is -0.755. The van der Waals surface area contributed by atoms with Crippen molar-refractivity contribution >= 4 is 11.4 Å². The summed E-state index contributed by atoms with van der Waals surface area (Å²) in [6, 6.07) is 15.1. The van der Waals surface area contributed by atoms with Crippen LogP contribution in [0.15, 0.2) is 48.5 Å². The zero-order valence-corrected chi connectivity index (χ0v) is 11.2. The second kappa shape index (κ2) is 6.41. The summed E-state index contributed by atoms with van der Waals surface area (Å²) < 4.78 is 0. The van der Waals surface area contributed by atoms with Crippen molar-refractivity contribution in [3.63, 3.8) is 0 Å². The molecule has 0 spiro atoms. The van der Waals surface area contributed by atoms with Gasteiger partial charge in [0.1, 0.15) is 0 Å². The van der Waals surface area contributed by atoms with E-state index in [0.717, 1.165) is 11.1 Å². The Morgan fingerprint density at radius 2 is 1.20 bits per heavy atom. The lowest BCUT2D eigenvalue weighted by Gasteiger charge is -2.21. The lowest BCUT2D eigenvalue weighted by atomic mass is 9.86. The van der Waals surface area contributed by atoms with Gasteiger partial charge in [-0.1, -0.05) is 24.3 Å². The van der Waals surface area contributed by atoms with E-state index in [1.165, 1.54) is 0 Å². The number of nitrogen functional groups attached to an aromatic ring is 2. The Hall–Kier alpha value is -2.04. The summed E-state index contributed by atoms with van der Waals surface area (Å²) in [6.45, 7) is -0.250. The monoisotopic (exact) mass is 272 g/mol. The lowest BCUT2D eigenvalue weighted by Crippen LogP contribution is -2.17. The van der Waals surface area contributed by atoms with Gasteiger partial charge in [0.2, 0.25) is 0 Å². The number of hydrogen-bond acceptors (Lipinski definition) is 4. The molecule has 0 aliphatic carbocycles. The number of aliphatic hydroxyl groups is 2. The van der Waals surface area contributed by atoms with Gasteiger partial charge < -0.3 is 21.7 Å². The summed E-state index contributed by atoms with van der Waals surface area (Å²) in [5.41, 5.74) is 14.9. The fraction of sp³-hybridized carbons (Fsp3) is 0.250. The Bertz CT molecular complexity index is 492. The van der Waals surface area contributed by atoms with Crippen molar-refractivity contribution in [3.8, 4) is 0 Å². The molecular weight excluding hydrogens is 252 g/mol. The fourth-order valence-electron chi connectivity index (χ4n) is 2.27. The molecule has 4 heteroatoms. The summed E-state index contributed by atoms with van der Waals surface area (Å²) >= 11 is 0. The van der Waals surface area contributed by atoms with Crippen LogP contribution in [0, 0.1) is 0 Å². The quantitative estimate of drug-likeness (QED) is 0.624. The van der Waals surface area contributed by atoms with Crippen LogP contribution in [0.5, 0.6) is 0 Å². The van der Waals surface area contributed by atoms with Gasteiger partial charge in [-0.15, -0.1) is 0 Å². The van der Waals surface area contributed by atoms with Crippen molar-refractivity contribution in [1.29, 1.82) is 0 Å². The van der Waals surface area contributed by atoms with E-state index in [-0.39, 0.29) is 12.5 Å². The fourth-order valence-corrected chi connectivity index (χ4v) is 2.27. The van der Waals surface area contributed by atoms with Crippen LogP contribution in [-0.4, -0.2) is 22.9 Å². The topological polar surface area (TPSA) is 92.5 Å². The molecule has 0 aliphatic heterocycles. The molecule has 1 atom stereocenters. The van der Waals surface area contributed by atoms with Crippen LogP contribution in [-0.2, 0) is 0 Å². The largest absolute Gasteiger partial charge is 0.399 e. The number of aliphatic hydroxyl groups excluding tert-OH is 2. The number of rotatable bonds is 5. The van der Waals surface area contributed by atoms with Crippen molar-refractivity contribution in [2.75, 3.05) is 18.1 Å². The van der Waals surface area contributed by atoms with Crippen LogP contribution < -0.4 is 11.5 Å². The van der Waals surface area contributed by atoms with E-state index < -0.39 is 6.10 Å². The predicted octanol–water partition coefficient (Wildman–Crippen LogP) is 1.73. The highest BCUT2D eigenvalue weighted by molar-refractivity contribution is 5.45. The van der Waals surface area contributed by atoms with Gasteiger partial charge in [0.05, 0.1) is 12.7 Å². The Morgan fingerprint density at radius 3 is 1.55 bits per heavy atom. The highest BCUT2D eigenvalue weighted by Gasteiger charge is 2.18. The van der Waals surface area contributed by atoms with Crippen molar-refractivity contribution in [1.82, 2.24) is 0 Å².